The van der Waals surface area contributed by atoms with E-state index in [1.165, 1.54) is 0 Å². The number of hydrazine groups is 1. The van der Waals surface area contributed by atoms with E-state index in [9.17, 15) is 4.79 Å². The molecule has 0 amide bonds. The topological polar surface area (TPSA) is 64.9 Å². The molecule has 0 aliphatic carbocycles. The van der Waals surface area contributed by atoms with Crippen LogP contribution in [-0.2, 0) is 4.79 Å². The van der Waals surface area contributed by atoms with E-state index in [1.807, 2.05) is 0 Å². The minimum absolute atomic E-state index is 0.198. The van der Waals surface area contributed by atoms with Crippen molar-refractivity contribution < 1.29 is 9.90 Å². The maximum Gasteiger partial charge on any atom is 0.353 e. The van der Waals surface area contributed by atoms with Crippen molar-refractivity contribution in [2.75, 3.05) is 6.54 Å². The molecule has 2 rings (SSSR count). The highest BCUT2D eigenvalue weighted by Gasteiger charge is 2.21. The second-order valence-corrected chi connectivity index (χ2v) is 2.80. The first kappa shape index (κ1) is 7.85. The molecule has 2 aliphatic rings. The van der Waals surface area contributed by atoms with Gasteiger partial charge in [-0.25, -0.2) is 4.79 Å². The van der Waals surface area contributed by atoms with Crippen LogP contribution in [0.2, 0.25) is 0 Å². The second-order valence-electron chi connectivity index (χ2n) is 2.80. The van der Waals surface area contributed by atoms with Gasteiger partial charge in [0.15, 0.2) is 0 Å². The van der Waals surface area contributed by atoms with Gasteiger partial charge < -0.3 is 5.11 Å². The fraction of sp³-hybridized carbons (Fsp3) is 0.250. The van der Waals surface area contributed by atoms with Gasteiger partial charge in [-0.2, -0.15) is 0 Å². The van der Waals surface area contributed by atoms with Crippen LogP contribution in [0.15, 0.2) is 28.7 Å². The number of hydrogen-bond donors (Lipinski definition) is 2. The molecule has 0 saturated carbocycles. The zero-order chi connectivity index (χ0) is 9.26. The van der Waals surface area contributed by atoms with E-state index >= 15 is 0 Å². The molecule has 0 atom stereocenters. The standard InChI is InChI=1S/C8H9N3O2/c12-8(13)7-4-6-5-9-2-1-3-11(6)10-7/h2,4-5,10H,1,3H2,(H,12,13). The Morgan fingerprint density at radius 2 is 2.54 bits per heavy atom. The number of aliphatic carboxylic acids is 1. The third kappa shape index (κ3) is 1.40. The maximum atomic E-state index is 10.6. The Hall–Kier alpha value is -1.78. The average molecular weight is 179 g/mol. The van der Waals surface area contributed by atoms with Crippen LogP contribution in [-0.4, -0.2) is 28.8 Å². The van der Waals surface area contributed by atoms with Crippen molar-refractivity contribution >= 4 is 12.2 Å². The Balaban J connectivity index is 2.25. The van der Waals surface area contributed by atoms with Gasteiger partial charge in [-0.05, 0) is 6.08 Å². The lowest BCUT2D eigenvalue weighted by Crippen LogP contribution is -2.33. The zero-order valence-corrected chi connectivity index (χ0v) is 6.90. The molecule has 5 heteroatoms. The summed E-state index contributed by atoms with van der Waals surface area (Å²) in [6.45, 7) is 0.739. The highest BCUT2D eigenvalue weighted by Crippen LogP contribution is 2.16. The number of nitrogens with zero attached hydrogens (tertiary/aromatic N) is 2. The van der Waals surface area contributed by atoms with Crippen molar-refractivity contribution in [1.82, 2.24) is 10.4 Å². The molecule has 5 nitrogen and oxygen atoms in total. The molecule has 0 spiro atoms. The van der Waals surface area contributed by atoms with Crippen LogP contribution in [0.25, 0.3) is 0 Å². The van der Waals surface area contributed by atoms with Gasteiger partial charge in [-0.3, -0.25) is 15.4 Å². The number of carboxylic acid groups (broad SMARTS) is 1. The average Bonchev–Trinajstić information content (AvgIpc) is 2.38. The number of fused-ring (bicyclic) bond motifs is 1. The lowest BCUT2D eigenvalue weighted by Gasteiger charge is -2.18. The van der Waals surface area contributed by atoms with Gasteiger partial charge in [0.05, 0.1) is 11.9 Å². The molecular formula is C8H9N3O2. The van der Waals surface area contributed by atoms with Crippen LogP contribution in [0.3, 0.4) is 0 Å². The summed E-state index contributed by atoms with van der Waals surface area (Å²) in [5.41, 5.74) is 3.77. The summed E-state index contributed by atoms with van der Waals surface area (Å²) in [5.74, 6) is -0.946. The summed E-state index contributed by atoms with van der Waals surface area (Å²) in [6, 6.07) is 0. The van der Waals surface area contributed by atoms with E-state index < -0.39 is 5.97 Å². The van der Waals surface area contributed by atoms with E-state index in [2.05, 4.69) is 10.4 Å². The largest absolute Gasteiger partial charge is 0.477 e. The summed E-state index contributed by atoms with van der Waals surface area (Å²) in [5, 5.41) is 10.5. The normalized spacial score (nSPS) is 19.8. The van der Waals surface area contributed by atoms with Gasteiger partial charge in [0.1, 0.15) is 5.70 Å². The Labute approximate surface area is 75.0 Å². The van der Waals surface area contributed by atoms with Gasteiger partial charge in [0.2, 0.25) is 0 Å². The quantitative estimate of drug-likeness (QED) is 0.598. The molecule has 0 aromatic heterocycles. The summed E-state index contributed by atoms with van der Waals surface area (Å²) in [7, 11) is 0. The summed E-state index contributed by atoms with van der Waals surface area (Å²) < 4.78 is 0. The number of nitrogens with one attached hydrogen (secondary N) is 1. The predicted molar refractivity (Wildman–Crippen MR) is 46.8 cm³/mol. The predicted octanol–water partition coefficient (Wildman–Crippen LogP) is 0.0910. The molecule has 0 aromatic rings. The molecule has 0 radical (unpaired) electrons. The van der Waals surface area contributed by atoms with Crippen molar-refractivity contribution in [1.29, 1.82) is 0 Å². The Morgan fingerprint density at radius 1 is 1.69 bits per heavy atom. The van der Waals surface area contributed by atoms with Crippen LogP contribution in [0, 0.1) is 0 Å². The van der Waals surface area contributed by atoms with E-state index in [4.69, 9.17) is 5.11 Å². The molecule has 2 heterocycles. The van der Waals surface area contributed by atoms with E-state index in [0.717, 1.165) is 18.7 Å². The van der Waals surface area contributed by atoms with Crippen molar-refractivity contribution in [3.63, 3.8) is 0 Å². The van der Waals surface area contributed by atoms with Gasteiger partial charge in [0, 0.05) is 19.2 Å². The smallest absolute Gasteiger partial charge is 0.353 e. The fourth-order valence-corrected chi connectivity index (χ4v) is 1.26. The monoisotopic (exact) mass is 179 g/mol. The molecule has 2 N–H and O–H groups in total. The van der Waals surface area contributed by atoms with Crippen LogP contribution < -0.4 is 5.43 Å². The molecule has 0 fully saturated rings. The lowest BCUT2D eigenvalue weighted by atomic mass is 10.3. The first-order valence-corrected chi connectivity index (χ1v) is 3.98. The first-order valence-electron chi connectivity index (χ1n) is 3.98. The molecule has 0 aromatic carbocycles. The summed E-state index contributed by atoms with van der Waals surface area (Å²) >= 11 is 0. The van der Waals surface area contributed by atoms with Crippen molar-refractivity contribution in [2.24, 2.45) is 4.99 Å². The first-order chi connectivity index (χ1) is 6.27. The molecule has 0 unspecified atom stereocenters. The number of carboxylic acids is 1. The number of rotatable bonds is 1. The Morgan fingerprint density at radius 3 is 3.31 bits per heavy atom. The van der Waals surface area contributed by atoms with E-state index in [1.54, 1.807) is 23.5 Å². The van der Waals surface area contributed by atoms with Crippen LogP contribution in [0.4, 0.5) is 0 Å². The van der Waals surface area contributed by atoms with Gasteiger partial charge in [0.25, 0.3) is 0 Å². The molecule has 2 aliphatic heterocycles. The Bertz CT molecular complexity index is 330. The molecule has 0 saturated heterocycles. The zero-order valence-electron chi connectivity index (χ0n) is 6.90. The highest BCUT2D eigenvalue weighted by atomic mass is 16.4. The van der Waals surface area contributed by atoms with Crippen LogP contribution in [0.5, 0.6) is 0 Å². The number of hydrogen-bond acceptors (Lipinski definition) is 4. The fourth-order valence-electron chi connectivity index (χ4n) is 1.26. The molecule has 68 valence electrons. The number of aliphatic imine (C=N–C) groups is 1. The number of allylic oxidation sites excluding steroid dienone is 1. The van der Waals surface area contributed by atoms with Gasteiger partial charge >= 0.3 is 5.97 Å². The lowest BCUT2D eigenvalue weighted by molar-refractivity contribution is -0.133. The van der Waals surface area contributed by atoms with Crippen LogP contribution in [0.1, 0.15) is 6.42 Å². The molecule has 0 bridgehead atoms. The SMILES string of the molecule is O=C(O)C1=CC2=CN=CCCN2N1. The minimum Gasteiger partial charge on any atom is -0.477 e. The van der Waals surface area contributed by atoms with Gasteiger partial charge in [-0.15, -0.1) is 0 Å². The van der Waals surface area contributed by atoms with Crippen LogP contribution >= 0.6 is 0 Å². The number of carbonyl (C=O) groups is 1. The Kier molecular flexibility index (Phi) is 1.77. The highest BCUT2D eigenvalue weighted by molar-refractivity contribution is 5.87. The van der Waals surface area contributed by atoms with Crippen molar-refractivity contribution in [3.8, 4) is 0 Å². The summed E-state index contributed by atoms with van der Waals surface area (Å²) in [4.78, 5) is 14.6. The minimum atomic E-state index is -0.946. The maximum absolute atomic E-state index is 10.6. The van der Waals surface area contributed by atoms with Crippen molar-refractivity contribution in [2.45, 2.75) is 6.42 Å². The third-order valence-electron chi connectivity index (χ3n) is 1.88. The molecular weight excluding hydrogens is 170 g/mol. The van der Waals surface area contributed by atoms with E-state index in [-0.39, 0.29) is 5.70 Å². The van der Waals surface area contributed by atoms with Gasteiger partial charge in [-0.1, -0.05) is 0 Å². The molecule has 13 heavy (non-hydrogen) atoms. The third-order valence-corrected chi connectivity index (χ3v) is 1.88. The summed E-state index contributed by atoms with van der Waals surface area (Å²) in [6.07, 6.45) is 5.84. The van der Waals surface area contributed by atoms with E-state index in [0.29, 0.717) is 0 Å². The second kappa shape index (κ2) is 2.93. The van der Waals surface area contributed by atoms with Crippen molar-refractivity contribution in [3.05, 3.63) is 23.7 Å².